The van der Waals surface area contributed by atoms with E-state index >= 15 is 0 Å². The third-order valence-corrected chi connectivity index (χ3v) is 8.80. The van der Waals surface area contributed by atoms with Crippen LogP contribution in [0, 0.1) is 5.82 Å². The Kier molecular flexibility index (Phi) is 6.37. The first-order valence-corrected chi connectivity index (χ1v) is 12.1. The smallest absolute Gasteiger partial charge is 0.252 e. The molecule has 0 unspecified atom stereocenters. The first-order valence-electron chi connectivity index (χ1n) is 9.89. The largest absolute Gasteiger partial charge is 0.378 e. The van der Waals surface area contributed by atoms with Gasteiger partial charge in [-0.3, -0.25) is 4.79 Å². The summed E-state index contributed by atoms with van der Waals surface area (Å²) in [5.41, 5.74) is 0.495. The van der Waals surface area contributed by atoms with Crippen LogP contribution in [0.3, 0.4) is 0 Å². The number of thiophene rings is 1. The van der Waals surface area contributed by atoms with Crippen molar-refractivity contribution in [1.29, 1.82) is 0 Å². The van der Waals surface area contributed by atoms with Crippen LogP contribution >= 0.6 is 11.3 Å². The van der Waals surface area contributed by atoms with Gasteiger partial charge in [-0.25, -0.2) is 12.8 Å². The molecule has 2 aliphatic rings. The summed E-state index contributed by atoms with van der Waals surface area (Å²) in [4.78, 5) is 16.8. The van der Waals surface area contributed by atoms with Crippen LogP contribution in [-0.4, -0.2) is 76.0 Å². The van der Waals surface area contributed by atoms with Gasteiger partial charge in [0.2, 0.25) is 5.91 Å². The van der Waals surface area contributed by atoms with Gasteiger partial charge in [-0.05, 0) is 24.3 Å². The number of para-hydroxylation sites is 1. The van der Waals surface area contributed by atoms with Gasteiger partial charge in [-0.15, -0.1) is 11.3 Å². The van der Waals surface area contributed by atoms with E-state index in [2.05, 4.69) is 0 Å². The SMILES string of the molecule is O=C(Cc1ccc(S(=O)(=O)N2CCN(c3ccccc3F)CC2)s1)N1CCOCC1. The third kappa shape index (κ3) is 4.51. The van der Waals surface area contributed by atoms with E-state index < -0.39 is 10.0 Å². The standard InChI is InChI=1S/C20H24FN3O4S2/c21-17-3-1-2-4-18(17)22-7-9-24(10-8-22)30(26,27)20-6-5-16(29-20)15-19(25)23-11-13-28-14-12-23/h1-6H,7-15H2. The average molecular weight is 454 g/mol. The minimum absolute atomic E-state index is 0.0115. The molecule has 0 atom stereocenters. The number of halogens is 1. The van der Waals surface area contributed by atoms with Crippen molar-refractivity contribution in [3.8, 4) is 0 Å². The Hall–Kier alpha value is -2.01. The lowest BCUT2D eigenvalue weighted by atomic mass is 10.2. The van der Waals surface area contributed by atoms with Crippen molar-refractivity contribution in [1.82, 2.24) is 9.21 Å². The first kappa shape index (κ1) is 21.2. The van der Waals surface area contributed by atoms with Crippen LogP contribution in [0.5, 0.6) is 0 Å². The molecule has 2 saturated heterocycles. The van der Waals surface area contributed by atoms with Gasteiger partial charge in [-0.1, -0.05) is 12.1 Å². The summed E-state index contributed by atoms with van der Waals surface area (Å²) in [6, 6.07) is 9.81. The lowest BCUT2D eigenvalue weighted by Gasteiger charge is -2.35. The first-order chi connectivity index (χ1) is 14.4. The number of carbonyl (C=O) groups excluding carboxylic acids is 1. The molecule has 0 bridgehead atoms. The number of morpholine rings is 1. The van der Waals surface area contributed by atoms with E-state index in [1.54, 1.807) is 35.2 Å². The summed E-state index contributed by atoms with van der Waals surface area (Å²) in [6.07, 6.45) is 0.196. The normalized spacial score (nSPS) is 18.6. The molecule has 162 valence electrons. The Morgan fingerprint density at radius 1 is 1.00 bits per heavy atom. The molecule has 2 fully saturated rings. The molecule has 0 spiro atoms. The lowest BCUT2D eigenvalue weighted by molar-refractivity contribution is -0.134. The van der Waals surface area contributed by atoms with Gasteiger partial charge < -0.3 is 14.5 Å². The molecule has 1 aromatic heterocycles. The molecule has 1 aromatic carbocycles. The molecule has 3 heterocycles. The molecule has 0 N–H and O–H groups in total. The van der Waals surface area contributed by atoms with E-state index in [-0.39, 0.29) is 35.4 Å². The van der Waals surface area contributed by atoms with E-state index in [1.165, 1.54) is 10.4 Å². The van der Waals surface area contributed by atoms with E-state index in [1.807, 2.05) is 4.90 Å². The molecule has 2 aliphatic heterocycles. The Bertz CT molecular complexity index is 997. The zero-order valence-corrected chi connectivity index (χ0v) is 18.1. The Morgan fingerprint density at radius 3 is 2.40 bits per heavy atom. The van der Waals surface area contributed by atoms with E-state index in [0.29, 0.717) is 45.1 Å². The van der Waals surface area contributed by atoms with Crippen LogP contribution in [0.2, 0.25) is 0 Å². The van der Waals surface area contributed by atoms with Gasteiger partial charge in [0.1, 0.15) is 10.0 Å². The topological polar surface area (TPSA) is 70.2 Å². The number of sulfonamides is 1. The van der Waals surface area contributed by atoms with Gasteiger partial charge in [0, 0.05) is 44.1 Å². The second-order valence-electron chi connectivity index (χ2n) is 7.23. The summed E-state index contributed by atoms with van der Waals surface area (Å²) in [6.45, 7) is 3.64. The summed E-state index contributed by atoms with van der Waals surface area (Å²) in [5, 5.41) is 0. The van der Waals surface area contributed by atoms with Gasteiger partial charge in [0.25, 0.3) is 10.0 Å². The minimum atomic E-state index is -3.63. The van der Waals surface area contributed by atoms with Crippen molar-refractivity contribution >= 4 is 33.0 Å². The van der Waals surface area contributed by atoms with Gasteiger partial charge in [0.15, 0.2) is 0 Å². The maximum Gasteiger partial charge on any atom is 0.252 e. The molecular formula is C20H24FN3O4S2. The average Bonchev–Trinajstić information content (AvgIpc) is 3.24. The number of rotatable bonds is 5. The van der Waals surface area contributed by atoms with E-state index in [4.69, 9.17) is 4.74 Å². The van der Waals surface area contributed by atoms with Crippen molar-refractivity contribution in [2.45, 2.75) is 10.6 Å². The fraction of sp³-hybridized carbons (Fsp3) is 0.450. The molecule has 0 radical (unpaired) electrons. The monoisotopic (exact) mass is 453 g/mol. The summed E-state index contributed by atoms with van der Waals surface area (Å²) >= 11 is 1.14. The maximum atomic E-state index is 14.0. The molecule has 30 heavy (non-hydrogen) atoms. The number of amides is 1. The van der Waals surface area contributed by atoms with Crippen LogP contribution in [0.4, 0.5) is 10.1 Å². The van der Waals surface area contributed by atoms with Gasteiger partial charge >= 0.3 is 0 Å². The lowest BCUT2D eigenvalue weighted by Crippen LogP contribution is -2.48. The predicted octanol–water partition coefficient (Wildman–Crippen LogP) is 1.80. The summed E-state index contributed by atoms with van der Waals surface area (Å²) in [7, 11) is -3.63. The van der Waals surface area contributed by atoms with Crippen LogP contribution in [0.1, 0.15) is 4.88 Å². The molecule has 0 aliphatic carbocycles. The zero-order valence-electron chi connectivity index (χ0n) is 16.5. The van der Waals surface area contributed by atoms with Crippen molar-refractivity contribution in [2.24, 2.45) is 0 Å². The molecule has 4 rings (SSSR count). The second kappa shape index (κ2) is 9.01. The highest BCUT2D eigenvalue weighted by atomic mass is 32.2. The highest BCUT2D eigenvalue weighted by molar-refractivity contribution is 7.91. The number of benzene rings is 1. The van der Waals surface area contributed by atoms with Crippen molar-refractivity contribution in [3.05, 3.63) is 47.1 Å². The van der Waals surface area contributed by atoms with Crippen molar-refractivity contribution in [2.75, 3.05) is 57.4 Å². The van der Waals surface area contributed by atoms with Gasteiger partial charge in [0.05, 0.1) is 25.3 Å². The van der Waals surface area contributed by atoms with Crippen LogP contribution in [0.15, 0.2) is 40.6 Å². The van der Waals surface area contributed by atoms with Crippen molar-refractivity contribution < 1.29 is 22.3 Å². The number of piperazine rings is 1. The Labute approximate surface area is 179 Å². The molecule has 0 saturated carbocycles. The maximum absolute atomic E-state index is 14.0. The Balaban J connectivity index is 1.38. The third-order valence-electron chi connectivity index (χ3n) is 5.35. The number of carbonyl (C=O) groups is 1. The molecule has 1 amide bonds. The molecule has 10 heteroatoms. The fourth-order valence-electron chi connectivity index (χ4n) is 3.67. The van der Waals surface area contributed by atoms with E-state index in [9.17, 15) is 17.6 Å². The van der Waals surface area contributed by atoms with Crippen molar-refractivity contribution in [3.63, 3.8) is 0 Å². The zero-order chi connectivity index (χ0) is 21.1. The van der Waals surface area contributed by atoms with Crippen LogP contribution in [-0.2, 0) is 26.0 Å². The number of hydrogen-bond donors (Lipinski definition) is 0. The number of hydrogen-bond acceptors (Lipinski definition) is 6. The number of nitrogens with zero attached hydrogens (tertiary/aromatic N) is 3. The van der Waals surface area contributed by atoms with E-state index in [0.717, 1.165) is 16.2 Å². The molecule has 7 nitrogen and oxygen atoms in total. The van der Waals surface area contributed by atoms with Gasteiger partial charge in [-0.2, -0.15) is 4.31 Å². The molecular weight excluding hydrogens is 429 g/mol. The fourth-order valence-corrected chi connectivity index (χ4v) is 6.59. The number of ether oxygens (including phenoxy) is 1. The highest BCUT2D eigenvalue weighted by Crippen LogP contribution is 2.28. The highest BCUT2D eigenvalue weighted by Gasteiger charge is 2.30. The van der Waals surface area contributed by atoms with Crippen LogP contribution in [0.25, 0.3) is 0 Å². The summed E-state index contributed by atoms with van der Waals surface area (Å²) < 4.78 is 47.0. The predicted molar refractivity (Wildman–Crippen MR) is 113 cm³/mol. The van der Waals surface area contributed by atoms with Crippen LogP contribution < -0.4 is 4.90 Å². The molecule has 2 aromatic rings. The number of anilines is 1. The summed E-state index contributed by atoms with van der Waals surface area (Å²) in [5.74, 6) is -0.316. The quantitative estimate of drug-likeness (QED) is 0.691. The Morgan fingerprint density at radius 2 is 1.70 bits per heavy atom. The second-order valence-corrected chi connectivity index (χ2v) is 10.6. The minimum Gasteiger partial charge on any atom is -0.378 e.